The van der Waals surface area contributed by atoms with Crippen molar-refractivity contribution in [2.45, 2.75) is 40.5 Å². The molecule has 0 fully saturated rings. The fourth-order valence-corrected chi connectivity index (χ4v) is 2.86. The molecular formula is C23H28F3N3O4. The molecule has 1 amide bonds. The summed E-state index contributed by atoms with van der Waals surface area (Å²) in [6.45, 7) is 7.02. The fraction of sp³-hybridized carbons (Fsp3) is 0.348. The van der Waals surface area contributed by atoms with E-state index in [9.17, 15) is 23.1 Å². The van der Waals surface area contributed by atoms with Crippen molar-refractivity contribution < 1.29 is 32.7 Å². The Hall–Kier alpha value is -3.56. The number of amides is 1. The van der Waals surface area contributed by atoms with Gasteiger partial charge in [-0.1, -0.05) is 42.4 Å². The SMILES string of the molecule is CC.CNC(=O)/C(=N/OC)c1cccc(C)c1CO/N=C(\C)c1ccc(O)cc1C(F)(F)F. The number of phenolic OH excluding ortho intramolecular Hbond substituents is 1. The van der Waals surface area contributed by atoms with E-state index < -0.39 is 23.4 Å². The Morgan fingerprint density at radius 3 is 2.36 bits per heavy atom. The van der Waals surface area contributed by atoms with Crippen molar-refractivity contribution in [1.29, 1.82) is 0 Å². The predicted molar refractivity (Wildman–Crippen MR) is 120 cm³/mol. The number of oxime groups is 2. The van der Waals surface area contributed by atoms with Crippen LogP contribution < -0.4 is 5.32 Å². The number of rotatable bonds is 7. The molecule has 10 heteroatoms. The Balaban J connectivity index is 0.00000265. The van der Waals surface area contributed by atoms with Gasteiger partial charge in [-0.15, -0.1) is 0 Å². The Labute approximate surface area is 190 Å². The summed E-state index contributed by atoms with van der Waals surface area (Å²) in [5, 5.41) is 19.5. The monoisotopic (exact) mass is 467 g/mol. The van der Waals surface area contributed by atoms with Crippen molar-refractivity contribution >= 4 is 17.3 Å². The molecule has 33 heavy (non-hydrogen) atoms. The van der Waals surface area contributed by atoms with E-state index in [1.807, 2.05) is 13.8 Å². The van der Waals surface area contributed by atoms with Gasteiger partial charge in [0.15, 0.2) is 5.71 Å². The van der Waals surface area contributed by atoms with E-state index in [1.165, 1.54) is 21.1 Å². The lowest BCUT2D eigenvalue weighted by Gasteiger charge is -2.14. The molecule has 2 aromatic carbocycles. The number of aryl methyl sites for hydroxylation is 1. The maximum Gasteiger partial charge on any atom is 0.417 e. The molecule has 0 atom stereocenters. The highest BCUT2D eigenvalue weighted by Crippen LogP contribution is 2.34. The van der Waals surface area contributed by atoms with Crippen molar-refractivity contribution in [2.24, 2.45) is 10.3 Å². The number of benzene rings is 2. The second-order valence-corrected chi connectivity index (χ2v) is 6.48. The van der Waals surface area contributed by atoms with Crippen molar-refractivity contribution in [1.82, 2.24) is 5.32 Å². The highest BCUT2D eigenvalue weighted by Gasteiger charge is 2.34. The molecule has 180 valence electrons. The largest absolute Gasteiger partial charge is 0.508 e. The molecule has 0 bridgehead atoms. The first-order valence-electron chi connectivity index (χ1n) is 10.1. The third-order valence-electron chi connectivity index (χ3n) is 4.40. The fourth-order valence-electron chi connectivity index (χ4n) is 2.86. The second kappa shape index (κ2) is 12.5. The van der Waals surface area contributed by atoms with Crippen molar-refractivity contribution in [3.05, 3.63) is 64.2 Å². The third kappa shape index (κ3) is 7.23. The van der Waals surface area contributed by atoms with Crippen LogP contribution >= 0.6 is 0 Å². The van der Waals surface area contributed by atoms with Crippen LogP contribution in [0.5, 0.6) is 5.75 Å². The summed E-state index contributed by atoms with van der Waals surface area (Å²) in [4.78, 5) is 22.3. The number of hydrogen-bond acceptors (Lipinski definition) is 6. The first-order valence-corrected chi connectivity index (χ1v) is 10.1. The molecule has 0 radical (unpaired) electrons. The van der Waals surface area contributed by atoms with Gasteiger partial charge in [0.25, 0.3) is 5.91 Å². The van der Waals surface area contributed by atoms with Gasteiger partial charge in [-0.3, -0.25) is 4.79 Å². The molecule has 2 N–H and O–H groups in total. The molecule has 0 aromatic heterocycles. The van der Waals surface area contributed by atoms with Gasteiger partial charge in [-0.05, 0) is 37.6 Å². The third-order valence-corrected chi connectivity index (χ3v) is 4.40. The Bertz CT molecular complexity index is 1020. The molecule has 0 saturated carbocycles. The summed E-state index contributed by atoms with van der Waals surface area (Å²) in [6, 6.07) is 8.05. The van der Waals surface area contributed by atoms with E-state index in [2.05, 4.69) is 15.6 Å². The molecule has 2 aromatic rings. The zero-order chi connectivity index (χ0) is 25.2. The number of alkyl halides is 3. The molecule has 0 aliphatic rings. The Morgan fingerprint density at radius 1 is 1.12 bits per heavy atom. The topological polar surface area (TPSA) is 92.5 Å². The van der Waals surface area contributed by atoms with Crippen LogP contribution in [0.1, 0.15) is 48.6 Å². The molecule has 0 heterocycles. The van der Waals surface area contributed by atoms with Crippen molar-refractivity contribution in [3.63, 3.8) is 0 Å². The summed E-state index contributed by atoms with van der Waals surface area (Å²) < 4.78 is 39.8. The maximum atomic E-state index is 13.3. The van der Waals surface area contributed by atoms with Gasteiger partial charge >= 0.3 is 6.18 Å². The highest BCUT2D eigenvalue weighted by molar-refractivity contribution is 6.45. The zero-order valence-corrected chi connectivity index (χ0v) is 19.4. The van der Waals surface area contributed by atoms with Crippen LogP contribution in [-0.2, 0) is 27.3 Å². The number of hydrogen-bond donors (Lipinski definition) is 2. The summed E-state index contributed by atoms with van der Waals surface area (Å²) in [5.41, 5.74) is 0.518. The van der Waals surface area contributed by atoms with Crippen LogP contribution in [0.3, 0.4) is 0 Å². The molecular weight excluding hydrogens is 439 g/mol. The lowest BCUT2D eigenvalue weighted by atomic mass is 9.98. The van der Waals surface area contributed by atoms with Crippen LogP contribution in [0.25, 0.3) is 0 Å². The first kappa shape index (κ1) is 27.5. The van der Waals surface area contributed by atoms with Crippen LogP contribution in [-0.4, -0.2) is 36.6 Å². The van der Waals surface area contributed by atoms with E-state index in [0.29, 0.717) is 17.2 Å². The second-order valence-electron chi connectivity index (χ2n) is 6.48. The van der Waals surface area contributed by atoms with Gasteiger partial charge in [0.05, 0.1) is 11.3 Å². The number of nitrogens with zero attached hydrogens (tertiary/aromatic N) is 2. The van der Waals surface area contributed by atoms with E-state index in [-0.39, 0.29) is 23.6 Å². The number of carbonyl (C=O) groups is 1. The van der Waals surface area contributed by atoms with E-state index in [0.717, 1.165) is 17.7 Å². The van der Waals surface area contributed by atoms with Gasteiger partial charge in [0.2, 0.25) is 0 Å². The van der Waals surface area contributed by atoms with E-state index in [4.69, 9.17) is 9.68 Å². The van der Waals surface area contributed by atoms with Crippen LogP contribution in [0.2, 0.25) is 0 Å². The molecule has 0 aliphatic carbocycles. The van der Waals surface area contributed by atoms with Crippen LogP contribution in [0, 0.1) is 6.92 Å². The molecule has 0 spiro atoms. The Morgan fingerprint density at radius 2 is 1.79 bits per heavy atom. The molecule has 0 aliphatic heterocycles. The predicted octanol–water partition coefficient (Wildman–Crippen LogP) is 4.78. The minimum Gasteiger partial charge on any atom is -0.508 e. The zero-order valence-electron chi connectivity index (χ0n) is 19.4. The van der Waals surface area contributed by atoms with Crippen LogP contribution in [0.15, 0.2) is 46.7 Å². The normalized spacial score (nSPS) is 11.9. The number of phenols is 1. The smallest absolute Gasteiger partial charge is 0.417 e. The Kier molecular flexibility index (Phi) is 10.4. The number of halogens is 3. The minimum absolute atomic E-state index is 0.0193. The molecule has 0 unspecified atom stereocenters. The summed E-state index contributed by atoms with van der Waals surface area (Å²) in [6.07, 6.45) is -4.67. The van der Waals surface area contributed by atoms with Gasteiger partial charge < -0.3 is 20.1 Å². The number of nitrogens with one attached hydrogen (secondary N) is 1. The van der Waals surface area contributed by atoms with Gasteiger partial charge in [-0.25, -0.2) is 0 Å². The van der Waals surface area contributed by atoms with Gasteiger partial charge in [0.1, 0.15) is 19.5 Å². The molecule has 2 rings (SSSR count). The van der Waals surface area contributed by atoms with E-state index in [1.54, 1.807) is 25.1 Å². The van der Waals surface area contributed by atoms with Crippen LogP contribution in [0.4, 0.5) is 13.2 Å². The minimum atomic E-state index is -4.67. The molecule has 0 saturated heterocycles. The van der Waals surface area contributed by atoms with Gasteiger partial charge in [-0.2, -0.15) is 13.2 Å². The van der Waals surface area contributed by atoms with Crippen molar-refractivity contribution in [3.8, 4) is 5.75 Å². The van der Waals surface area contributed by atoms with Crippen molar-refractivity contribution in [2.75, 3.05) is 14.2 Å². The summed E-state index contributed by atoms with van der Waals surface area (Å²) >= 11 is 0. The average Bonchev–Trinajstić information content (AvgIpc) is 2.78. The molecule has 7 nitrogen and oxygen atoms in total. The number of aromatic hydroxyl groups is 1. The average molecular weight is 467 g/mol. The first-order chi connectivity index (χ1) is 15.6. The quantitative estimate of drug-likeness (QED) is 0.453. The summed E-state index contributed by atoms with van der Waals surface area (Å²) in [7, 11) is 2.75. The summed E-state index contributed by atoms with van der Waals surface area (Å²) in [5.74, 6) is -0.985. The number of likely N-dealkylation sites (N-methyl/N-ethyl adjacent to an activating group) is 1. The lowest BCUT2D eigenvalue weighted by molar-refractivity contribution is -0.137. The maximum absolute atomic E-state index is 13.3. The number of carbonyl (C=O) groups excluding carboxylic acids is 1. The van der Waals surface area contributed by atoms with E-state index >= 15 is 0 Å². The highest BCUT2D eigenvalue weighted by atomic mass is 19.4. The lowest BCUT2D eigenvalue weighted by Crippen LogP contribution is -2.29. The standard InChI is InChI=1S/C21H22F3N3O4.C2H6/c1-12-6-5-7-16(19(27-30-4)20(29)25-3)17(12)11-31-26-13(2)15-9-8-14(28)10-18(15)21(22,23)24;1-2/h5-10,28H,11H2,1-4H3,(H,25,29);1-2H3/b26-13+,27-19+;. The van der Waals surface area contributed by atoms with Gasteiger partial charge in [0, 0.05) is 23.7 Å².